The minimum absolute atomic E-state index is 0.0545. The highest BCUT2D eigenvalue weighted by Crippen LogP contribution is 2.03. The fourth-order valence-electron chi connectivity index (χ4n) is 1.09. The van der Waals surface area contributed by atoms with Gasteiger partial charge in [0.25, 0.3) is 0 Å². The van der Waals surface area contributed by atoms with Gasteiger partial charge >= 0.3 is 0 Å². The summed E-state index contributed by atoms with van der Waals surface area (Å²) in [6, 6.07) is 0.0545. The van der Waals surface area contributed by atoms with Crippen molar-refractivity contribution < 1.29 is 0 Å². The zero-order valence-corrected chi connectivity index (χ0v) is 7.73. The van der Waals surface area contributed by atoms with Crippen LogP contribution < -0.4 is 5.32 Å². The second-order valence-corrected chi connectivity index (χ2v) is 2.91. The minimum Gasteiger partial charge on any atom is -0.348 e. The SMILES string of the molecule is CC(NCc1ncc[nH]1)c1nn[nH]n1. The Morgan fingerprint density at radius 2 is 2.50 bits per heavy atom. The number of H-pyrrole nitrogens is 2. The highest BCUT2D eigenvalue weighted by molar-refractivity contribution is 4.90. The fourth-order valence-corrected chi connectivity index (χ4v) is 1.09. The lowest BCUT2D eigenvalue weighted by Gasteiger charge is -2.07. The van der Waals surface area contributed by atoms with Gasteiger partial charge in [0, 0.05) is 12.4 Å². The summed E-state index contributed by atoms with van der Waals surface area (Å²) in [5.41, 5.74) is 0. The smallest absolute Gasteiger partial charge is 0.191 e. The molecule has 3 N–H and O–H groups in total. The van der Waals surface area contributed by atoms with E-state index in [2.05, 4.69) is 35.9 Å². The van der Waals surface area contributed by atoms with Gasteiger partial charge in [-0.25, -0.2) is 4.98 Å². The van der Waals surface area contributed by atoms with Crippen LogP contribution in [0.1, 0.15) is 24.6 Å². The van der Waals surface area contributed by atoms with Crippen molar-refractivity contribution in [3.63, 3.8) is 0 Å². The molecule has 0 fully saturated rings. The van der Waals surface area contributed by atoms with Crippen LogP contribution >= 0.6 is 0 Å². The van der Waals surface area contributed by atoms with Gasteiger partial charge in [-0.05, 0) is 6.92 Å². The van der Waals surface area contributed by atoms with E-state index < -0.39 is 0 Å². The Bertz CT molecular complexity index is 351. The van der Waals surface area contributed by atoms with Crippen LogP contribution in [-0.2, 0) is 6.54 Å². The molecule has 2 rings (SSSR count). The number of nitrogens with zero attached hydrogens (tertiary/aromatic N) is 4. The van der Waals surface area contributed by atoms with Gasteiger partial charge in [-0.15, -0.1) is 10.2 Å². The largest absolute Gasteiger partial charge is 0.348 e. The highest BCUT2D eigenvalue weighted by Gasteiger charge is 2.09. The third kappa shape index (κ3) is 1.94. The fraction of sp³-hybridized carbons (Fsp3) is 0.429. The Morgan fingerprint density at radius 3 is 3.14 bits per heavy atom. The molecule has 1 atom stereocenters. The van der Waals surface area contributed by atoms with E-state index in [1.54, 1.807) is 12.4 Å². The molecular formula is C7H11N7. The minimum atomic E-state index is 0.0545. The lowest BCUT2D eigenvalue weighted by molar-refractivity contribution is 0.536. The van der Waals surface area contributed by atoms with Gasteiger partial charge in [-0.1, -0.05) is 5.21 Å². The Morgan fingerprint density at radius 1 is 1.57 bits per heavy atom. The van der Waals surface area contributed by atoms with E-state index in [4.69, 9.17) is 0 Å². The first kappa shape index (κ1) is 8.82. The van der Waals surface area contributed by atoms with Crippen LogP contribution in [0.2, 0.25) is 0 Å². The number of aromatic amines is 2. The van der Waals surface area contributed by atoms with Crippen molar-refractivity contribution in [1.29, 1.82) is 0 Å². The molecule has 0 aliphatic rings. The van der Waals surface area contributed by atoms with E-state index >= 15 is 0 Å². The first-order valence-electron chi connectivity index (χ1n) is 4.31. The van der Waals surface area contributed by atoms with E-state index in [1.807, 2.05) is 6.92 Å². The van der Waals surface area contributed by atoms with Gasteiger partial charge in [0.05, 0.1) is 12.6 Å². The summed E-state index contributed by atoms with van der Waals surface area (Å²) >= 11 is 0. The van der Waals surface area contributed by atoms with E-state index in [9.17, 15) is 0 Å². The standard InChI is InChI=1S/C7H11N7/c1-5(7-11-13-14-12-7)10-4-6-8-2-3-9-6/h2-3,5,10H,4H2,1H3,(H,8,9)(H,11,12,13,14). The predicted octanol–water partition coefficient (Wildman–Crippen LogP) is -0.226. The van der Waals surface area contributed by atoms with Crippen molar-refractivity contribution in [1.82, 2.24) is 35.9 Å². The number of hydrogen-bond acceptors (Lipinski definition) is 5. The van der Waals surface area contributed by atoms with Crippen LogP contribution in [0.25, 0.3) is 0 Å². The van der Waals surface area contributed by atoms with E-state index in [0.717, 1.165) is 5.82 Å². The summed E-state index contributed by atoms with van der Waals surface area (Å²) in [5.74, 6) is 1.54. The van der Waals surface area contributed by atoms with Gasteiger partial charge in [-0.2, -0.15) is 5.21 Å². The molecule has 2 heterocycles. The first-order valence-corrected chi connectivity index (χ1v) is 4.31. The number of rotatable bonds is 4. The number of imidazole rings is 1. The number of hydrogen-bond donors (Lipinski definition) is 3. The van der Waals surface area contributed by atoms with Gasteiger partial charge < -0.3 is 10.3 Å². The van der Waals surface area contributed by atoms with Gasteiger partial charge in [0.2, 0.25) is 0 Å². The van der Waals surface area contributed by atoms with Crippen molar-refractivity contribution in [2.75, 3.05) is 0 Å². The molecule has 0 amide bonds. The number of nitrogens with one attached hydrogen (secondary N) is 3. The molecule has 0 saturated heterocycles. The highest BCUT2D eigenvalue weighted by atomic mass is 15.5. The lowest BCUT2D eigenvalue weighted by atomic mass is 10.3. The second-order valence-electron chi connectivity index (χ2n) is 2.91. The molecule has 7 nitrogen and oxygen atoms in total. The first-order chi connectivity index (χ1) is 6.86. The molecule has 0 radical (unpaired) electrons. The number of aromatic nitrogens is 6. The third-order valence-corrected chi connectivity index (χ3v) is 1.88. The molecule has 14 heavy (non-hydrogen) atoms. The maximum absolute atomic E-state index is 4.09. The average molecular weight is 193 g/mol. The van der Waals surface area contributed by atoms with Crippen LogP contribution in [0, 0.1) is 0 Å². The molecular weight excluding hydrogens is 182 g/mol. The normalized spacial score (nSPS) is 12.9. The molecule has 2 aromatic rings. The molecule has 0 aliphatic carbocycles. The van der Waals surface area contributed by atoms with E-state index in [-0.39, 0.29) is 6.04 Å². The number of tetrazole rings is 1. The second kappa shape index (κ2) is 3.97. The summed E-state index contributed by atoms with van der Waals surface area (Å²) in [7, 11) is 0. The van der Waals surface area contributed by atoms with Crippen LogP contribution in [-0.4, -0.2) is 30.6 Å². The molecule has 7 heteroatoms. The van der Waals surface area contributed by atoms with Crippen molar-refractivity contribution in [2.45, 2.75) is 19.5 Å². The molecule has 1 unspecified atom stereocenters. The van der Waals surface area contributed by atoms with Crippen LogP contribution in [0.3, 0.4) is 0 Å². The van der Waals surface area contributed by atoms with Crippen molar-refractivity contribution in [2.24, 2.45) is 0 Å². The third-order valence-electron chi connectivity index (χ3n) is 1.88. The maximum Gasteiger partial charge on any atom is 0.191 e. The molecule has 0 bridgehead atoms. The Hall–Kier alpha value is -1.76. The van der Waals surface area contributed by atoms with Crippen LogP contribution in [0.4, 0.5) is 0 Å². The molecule has 74 valence electrons. The Kier molecular flexibility index (Phi) is 2.50. The molecule has 0 saturated carbocycles. The molecule has 0 aliphatic heterocycles. The zero-order chi connectivity index (χ0) is 9.80. The van der Waals surface area contributed by atoms with Gasteiger partial charge in [-0.3, -0.25) is 0 Å². The van der Waals surface area contributed by atoms with Crippen molar-refractivity contribution in [3.05, 3.63) is 24.0 Å². The van der Waals surface area contributed by atoms with Gasteiger partial charge in [0.1, 0.15) is 5.82 Å². The summed E-state index contributed by atoms with van der Waals surface area (Å²) in [6.45, 7) is 2.62. The average Bonchev–Trinajstić information content (AvgIpc) is 2.87. The summed E-state index contributed by atoms with van der Waals surface area (Å²) in [5, 5.41) is 16.9. The molecule has 0 spiro atoms. The summed E-state index contributed by atoms with van der Waals surface area (Å²) in [6.07, 6.45) is 3.51. The molecule has 2 aromatic heterocycles. The predicted molar refractivity (Wildman–Crippen MR) is 48.0 cm³/mol. The summed E-state index contributed by atoms with van der Waals surface area (Å²) < 4.78 is 0. The molecule has 0 aromatic carbocycles. The van der Waals surface area contributed by atoms with E-state index in [0.29, 0.717) is 12.4 Å². The quantitative estimate of drug-likeness (QED) is 0.623. The van der Waals surface area contributed by atoms with E-state index in [1.165, 1.54) is 0 Å². The van der Waals surface area contributed by atoms with Crippen LogP contribution in [0.15, 0.2) is 12.4 Å². The van der Waals surface area contributed by atoms with Gasteiger partial charge in [0.15, 0.2) is 5.82 Å². The van der Waals surface area contributed by atoms with Crippen molar-refractivity contribution in [3.8, 4) is 0 Å². The lowest BCUT2D eigenvalue weighted by Crippen LogP contribution is -2.19. The monoisotopic (exact) mass is 193 g/mol. The maximum atomic E-state index is 4.09. The topological polar surface area (TPSA) is 95.2 Å². The van der Waals surface area contributed by atoms with Crippen molar-refractivity contribution >= 4 is 0 Å². The Balaban J connectivity index is 1.87. The zero-order valence-electron chi connectivity index (χ0n) is 7.73. The summed E-state index contributed by atoms with van der Waals surface area (Å²) in [4.78, 5) is 7.09. The van der Waals surface area contributed by atoms with Crippen LogP contribution in [0.5, 0.6) is 0 Å². The Labute approximate surface area is 80.3 Å².